The minimum absolute atomic E-state index is 0.0215. The number of aliphatic carboxylic acids is 1. The molecule has 1 heterocycles. The van der Waals surface area contributed by atoms with E-state index < -0.39 is 12.6 Å². The molecule has 2 rings (SSSR count). The van der Waals surface area contributed by atoms with E-state index in [-0.39, 0.29) is 12.5 Å². The van der Waals surface area contributed by atoms with Gasteiger partial charge in [0, 0.05) is 10.0 Å². The normalized spacial score (nSPS) is 10.6. The smallest absolute Gasteiger partial charge is 0.329 e. The average molecular weight is 327 g/mol. The number of benzene rings is 1. The van der Waals surface area contributed by atoms with Gasteiger partial charge in [0.1, 0.15) is 13.2 Å². The molecule has 0 fully saturated rings. The van der Waals surface area contributed by atoms with E-state index in [1.165, 1.54) is 0 Å². The summed E-state index contributed by atoms with van der Waals surface area (Å²) < 4.78 is 11.2. The molecule has 0 radical (unpaired) electrons. The Bertz CT molecular complexity index is 597. The van der Waals surface area contributed by atoms with Gasteiger partial charge in [-0.25, -0.2) is 4.79 Å². The van der Waals surface area contributed by atoms with Crippen molar-refractivity contribution in [1.82, 2.24) is 10.2 Å². The van der Waals surface area contributed by atoms with Crippen LogP contribution in [0, 0.1) is 6.92 Å². The van der Waals surface area contributed by atoms with Crippen molar-refractivity contribution in [2.75, 3.05) is 6.61 Å². The molecule has 100 valence electrons. The van der Waals surface area contributed by atoms with E-state index in [4.69, 9.17) is 14.3 Å². The minimum atomic E-state index is -1.04. The van der Waals surface area contributed by atoms with Crippen molar-refractivity contribution in [3.05, 3.63) is 34.1 Å². The highest BCUT2D eigenvalue weighted by Crippen LogP contribution is 2.25. The lowest BCUT2D eigenvalue weighted by atomic mass is 10.1. The Morgan fingerprint density at radius 1 is 1.47 bits per heavy atom. The zero-order chi connectivity index (χ0) is 13.8. The molecular weight excluding hydrogens is 316 g/mol. The minimum Gasteiger partial charge on any atom is -0.480 e. The Morgan fingerprint density at radius 2 is 2.26 bits per heavy atom. The molecule has 1 aromatic carbocycles. The molecule has 0 unspecified atom stereocenters. The highest BCUT2D eigenvalue weighted by atomic mass is 79.9. The molecule has 1 aromatic heterocycles. The van der Waals surface area contributed by atoms with Gasteiger partial charge in [-0.05, 0) is 24.6 Å². The van der Waals surface area contributed by atoms with Crippen LogP contribution in [0.2, 0.25) is 0 Å². The van der Waals surface area contributed by atoms with E-state index in [0.29, 0.717) is 5.89 Å². The Kier molecular flexibility index (Phi) is 4.28. The molecule has 2 aromatic rings. The molecule has 0 aliphatic carbocycles. The van der Waals surface area contributed by atoms with Crippen LogP contribution in [-0.2, 0) is 16.1 Å². The maximum absolute atomic E-state index is 10.3. The van der Waals surface area contributed by atoms with Crippen LogP contribution in [0.3, 0.4) is 0 Å². The Hall–Kier alpha value is -1.73. The largest absolute Gasteiger partial charge is 0.480 e. The molecule has 0 amide bonds. The fourth-order valence-electron chi connectivity index (χ4n) is 1.47. The first kappa shape index (κ1) is 13.7. The molecule has 6 nitrogen and oxygen atoms in total. The number of halogens is 1. The lowest BCUT2D eigenvalue weighted by Crippen LogP contribution is -2.06. The number of carboxylic acids is 1. The van der Waals surface area contributed by atoms with Crippen molar-refractivity contribution in [1.29, 1.82) is 0 Å². The monoisotopic (exact) mass is 326 g/mol. The van der Waals surface area contributed by atoms with Crippen molar-refractivity contribution < 1.29 is 19.1 Å². The SMILES string of the molecule is Cc1ccc(Br)cc1-c1nnc(COCC(=O)O)o1. The lowest BCUT2D eigenvalue weighted by Gasteiger charge is -2.01. The summed E-state index contributed by atoms with van der Waals surface area (Å²) in [5, 5.41) is 16.2. The van der Waals surface area contributed by atoms with Gasteiger partial charge in [-0.15, -0.1) is 10.2 Å². The van der Waals surface area contributed by atoms with Gasteiger partial charge in [-0.2, -0.15) is 0 Å². The number of aryl methyl sites for hydroxylation is 1. The highest BCUT2D eigenvalue weighted by Gasteiger charge is 2.11. The summed E-state index contributed by atoms with van der Waals surface area (Å²) in [6.07, 6.45) is 0. The van der Waals surface area contributed by atoms with E-state index in [1.54, 1.807) is 0 Å². The fraction of sp³-hybridized carbons (Fsp3) is 0.250. The van der Waals surface area contributed by atoms with Crippen LogP contribution in [0.15, 0.2) is 27.1 Å². The summed E-state index contributed by atoms with van der Waals surface area (Å²) in [4.78, 5) is 10.3. The summed E-state index contributed by atoms with van der Waals surface area (Å²) in [5.74, 6) is -0.411. The molecule has 0 aliphatic heterocycles. The lowest BCUT2D eigenvalue weighted by molar-refractivity contribution is -0.142. The number of ether oxygens (including phenoxy) is 1. The number of nitrogens with zero attached hydrogens (tertiary/aromatic N) is 2. The van der Waals surface area contributed by atoms with Crippen molar-refractivity contribution in [3.8, 4) is 11.5 Å². The second kappa shape index (κ2) is 5.94. The van der Waals surface area contributed by atoms with E-state index in [2.05, 4.69) is 26.1 Å². The first-order valence-electron chi connectivity index (χ1n) is 5.44. The average Bonchev–Trinajstić information content (AvgIpc) is 2.80. The van der Waals surface area contributed by atoms with Crippen LogP contribution in [0.5, 0.6) is 0 Å². The standard InChI is InChI=1S/C12H11BrN2O4/c1-7-2-3-8(13)4-9(7)12-15-14-10(19-12)5-18-6-11(16)17/h2-4H,5-6H2,1H3,(H,16,17). The van der Waals surface area contributed by atoms with Gasteiger partial charge in [-0.3, -0.25) is 0 Å². The van der Waals surface area contributed by atoms with E-state index >= 15 is 0 Å². The maximum Gasteiger partial charge on any atom is 0.329 e. The van der Waals surface area contributed by atoms with Crippen LogP contribution in [0.25, 0.3) is 11.5 Å². The molecule has 7 heteroatoms. The topological polar surface area (TPSA) is 85.5 Å². The van der Waals surface area contributed by atoms with Gasteiger partial charge in [0.05, 0.1) is 0 Å². The van der Waals surface area contributed by atoms with E-state index in [9.17, 15) is 4.79 Å². The number of hydrogen-bond donors (Lipinski definition) is 1. The number of rotatable bonds is 5. The summed E-state index contributed by atoms with van der Waals surface area (Å²) in [5.41, 5.74) is 1.83. The van der Waals surface area contributed by atoms with Crippen LogP contribution in [0.4, 0.5) is 0 Å². The summed E-state index contributed by atoms with van der Waals surface area (Å²) in [6, 6.07) is 5.74. The predicted molar refractivity (Wildman–Crippen MR) is 69.5 cm³/mol. The maximum atomic E-state index is 10.3. The number of carboxylic acid groups (broad SMARTS) is 1. The fourth-order valence-corrected chi connectivity index (χ4v) is 1.83. The number of aromatic nitrogens is 2. The van der Waals surface area contributed by atoms with Gasteiger partial charge in [0.25, 0.3) is 0 Å². The van der Waals surface area contributed by atoms with E-state index in [1.807, 2.05) is 25.1 Å². The van der Waals surface area contributed by atoms with Crippen LogP contribution < -0.4 is 0 Å². The van der Waals surface area contributed by atoms with Gasteiger partial charge in [-0.1, -0.05) is 22.0 Å². The summed E-state index contributed by atoms with van der Waals surface area (Å²) in [7, 11) is 0. The first-order chi connectivity index (χ1) is 9.06. The van der Waals surface area contributed by atoms with Crippen molar-refractivity contribution >= 4 is 21.9 Å². The summed E-state index contributed by atoms with van der Waals surface area (Å²) >= 11 is 3.38. The highest BCUT2D eigenvalue weighted by molar-refractivity contribution is 9.10. The van der Waals surface area contributed by atoms with Gasteiger partial charge >= 0.3 is 5.97 Å². The molecule has 0 spiro atoms. The number of carbonyl (C=O) groups is 1. The van der Waals surface area contributed by atoms with Gasteiger partial charge < -0.3 is 14.3 Å². The first-order valence-corrected chi connectivity index (χ1v) is 6.24. The van der Waals surface area contributed by atoms with Crippen molar-refractivity contribution in [3.63, 3.8) is 0 Å². The number of hydrogen-bond acceptors (Lipinski definition) is 5. The molecule has 0 atom stereocenters. The molecule has 19 heavy (non-hydrogen) atoms. The van der Waals surface area contributed by atoms with Crippen LogP contribution >= 0.6 is 15.9 Å². The molecule has 0 aliphatic rings. The second-order valence-electron chi connectivity index (χ2n) is 3.85. The second-order valence-corrected chi connectivity index (χ2v) is 4.76. The Morgan fingerprint density at radius 3 is 3.00 bits per heavy atom. The van der Waals surface area contributed by atoms with Crippen LogP contribution in [0.1, 0.15) is 11.5 Å². The molecule has 0 saturated heterocycles. The van der Waals surface area contributed by atoms with Crippen molar-refractivity contribution in [2.24, 2.45) is 0 Å². The Balaban J connectivity index is 2.12. The molecule has 0 saturated carbocycles. The van der Waals surface area contributed by atoms with Crippen molar-refractivity contribution in [2.45, 2.75) is 13.5 Å². The quantitative estimate of drug-likeness (QED) is 0.908. The van der Waals surface area contributed by atoms with Gasteiger partial charge in [0.2, 0.25) is 11.8 Å². The molecule has 1 N–H and O–H groups in total. The predicted octanol–water partition coefficient (Wildman–Crippen LogP) is 2.41. The van der Waals surface area contributed by atoms with Gasteiger partial charge in [0.15, 0.2) is 0 Å². The zero-order valence-corrected chi connectivity index (χ0v) is 11.7. The zero-order valence-electron chi connectivity index (χ0n) is 10.1. The third-order valence-electron chi connectivity index (χ3n) is 2.35. The summed E-state index contributed by atoms with van der Waals surface area (Å²) in [6.45, 7) is 1.52. The third-order valence-corrected chi connectivity index (χ3v) is 2.84. The van der Waals surface area contributed by atoms with Crippen LogP contribution in [-0.4, -0.2) is 27.9 Å². The molecular formula is C12H11BrN2O4. The van der Waals surface area contributed by atoms with E-state index in [0.717, 1.165) is 15.6 Å². The Labute approximate surface area is 117 Å². The molecule has 0 bridgehead atoms. The third kappa shape index (κ3) is 3.62.